The van der Waals surface area contributed by atoms with Crippen LogP contribution in [0.15, 0.2) is 29.8 Å². The molecular formula is C12H8O5. The molecule has 0 unspecified atom stereocenters. The number of aliphatic hydroxyl groups is 1. The highest BCUT2D eigenvalue weighted by atomic mass is 16.4. The summed E-state index contributed by atoms with van der Waals surface area (Å²) < 4.78 is 0. The van der Waals surface area contributed by atoms with Crippen LogP contribution in [0.1, 0.15) is 22.3 Å². The van der Waals surface area contributed by atoms with E-state index in [1.807, 2.05) is 0 Å². The molecule has 0 fully saturated rings. The summed E-state index contributed by atoms with van der Waals surface area (Å²) in [6.45, 7) is 0. The molecule has 2 rings (SSSR count). The second-order valence-electron chi connectivity index (χ2n) is 3.60. The second-order valence-corrected chi connectivity index (χ2v) is 3.60. The summed E-state index contributed by atoms with van der Waals surface area (Å²) in [4.78, 5) is 33.8. The molecule has 0 saturated heterocycles. The highest BCUT2D eigenvalue weighted by Crippen LogP contribution is 2.28. The van der Waals surface area contributed by atoms with Gasteiger partial charge in [-0.3, -0.25) is 14.4 Å². The van der Waals surface area contributed by atoms with Crippen molar-refractivity contribution in [3.05, 3.63) is 41.0 Å². The minimum atomic E-state index is -1.27. The summed E-state index contributed by atoms with van der Waals surface area (Å²) >= 11 is 0. The van der Waals surface area contributed by atoms with E-state index in [4.69, 9.17) is 5.11 Å². The molecule has 0 atom stereocenters. The zero-order valence-electron chi connectivity index (χ0n) is 8.64. The Labute approximate surface area is 96.0 Å². The highest BCUT2D eigenvalue weighted by Gasteiger charge is 2.33. The van der Waals surface area contributed by atoms with Crippen molar-refractivity contribution in [1.29, 1.82) is 0 Å². The van der Waals surface area contributed by atoms with Gasteiger partial charge in [-0.25, -0.2) is 0 Å². The largest absolute Gasteiger partial charge is 0.507 e. The van der Waals surface area contributed by atoms with Crippen LogP contribution in [0.2, 0.25) is 0 Å². The number of benzene rings is 1. The van der Waals surface area contributed by atoms with E-state index in [9.17, 15) is 19.5 Å². The van der Waals surface area contributed by atoms with Crippen LogP contribution >= 0.6 is 0 Å². The Morgan fingerprint density at radius 1 is 1.06 bits per heavy atom. The molecule has 0 spiro atoms. The Morgan fingerprint density at radius 2 is 1.65 bits per heavy atom. The quantitative estimate of drug-likeness (QED) is 0.747. The fraction of sp³-hybridized carbons (Fsp3) is 0.0833. The Balaban J connectivity index is 2.63. The summed E-state index contributed by atoms with van der Waals surface area (Å²) in [5.41, 5.74) is -0.0568. The van der Waals surface area contributed by atoms with Gasteiger partial charge < -0.3 is 10.2 Å². The number of carboxylic acid groups (broad SMARTS) is 1. The Morgan fingerprint density at radius 3 is 2.24 bits per heavy atom. The molecule has 1 aliphatic rings. The van der Waals surface area contributed by atoms with Crippen LogP contribution in [0.3, 0.4) is 0 Å². The number of carbonyl (C=O) groups is 3. The third-order valence-corrected chi connectivity index (χ3v) is 2.52. The van der Waals surface area contributed by atoms with Crippen LogP contribution < -0.4 is 0 Å². The third kappa shape index (κ3) is 1.71. The van der Waals surface area contributed by atoms with Crippen molar-refractivity contribution >= 4 is 23.3 Å². The molecule has 0 amide bonds. The highest BCUT2D eigenvalue weighted by molar-refractivity contribution is 6.52. The van der Waals surface area contributed by atoms with Gasteiger partial charge in [0.1, 0.15) is 5.76 Å². The lowest BCUT2D eigenvalue weighted by atomic mass is 9.87. The first-order valence-electron chi connectivity index (χ1n) is 4.84. The number of carboxylic acids is 1. The molecular weight excluding hydrogens is 224 g/mol. The molecule has 5 heteroatoms. The lowest BCUT2D eigenvalue weighted by molar-refractivity contribution is -0.136. The van der Waals surface area contributed by atoms with Crippen LogP contribution in [-0.4, -0.2) is 27.7 Å². The molecule has 2 N–H and O–H groups in total. The minimum Gasteiger partial charge on any atom is -0.507 e. The molecule has 1 aromatic carbocycles. The van der Waals surface area contributed by atoms with Gasteiger partial charge in [0.05, 0.1) is 12.0 Å². The van der Waals surface area contributed by atoms with Gasteiger partial charge in [-0.2, -0.15) is 0 Å². The standard InChI is InChI=1S/C12H8O5/c13-9(14)5-8-10(15)6-3-1-2-4-7(6)11(16)12(8)17/h1-4,15H,5H2,(H,13,14). The topological polar surface area (TPSA) is 91.7 Å². The minimum absolute atomic E-state index is 0.101. The van der Waals surface area contributed by atoms with Crippen molar-refractivity contribution in [3.63, 3.8) is 0 Å². The van der Waals surface area contributed by atoms with Crippen LogP contribution in [0.4, 0.5) is 0 Å². The number of hydrogen-bond donors (Lipinski definition) is 2. The number of rotatable bonds is 2. The van der Waals surface area contributed by atoms with E-state index in [2.05, 4.69) is 0 Å². The van der Waals surface area contributed by atoms with Gasteiger partial charge in [-0.1, -0.05) is 24.3 Å². The number of Topliss-reactive ketones (excluding diaryl/α,β-unsaturated/α-hetero) is 2. The maximum Gasteiger partial charge on any atom is 0.308 e. The number of carbonyl (C=O) groups excluding carboxylic acids is 2. The molecule has 1 aromatic rings. The van der Waals surface area contributed by atoms with Gasteiger partial charge >= 0.3 is 5.97 Å². The van der Waals surface area contributed by atoms with Crippen molar-refractivity contribution in [2.45, 2.75) is 6.42 Å². The second kappa shape index (κ2) is 3.86. The zero-order valence-corrected chi connectivity index (χ0v) is 8.64. The van der Waals surface area contributed by atoms with Crippen LogP contribution in [0, 0.1) is 0 Å². The van der Waals surface area contributed by atoms with Crippen molar-refractivity contribution in [2.24, 2.45) is 0 Å². The average molecular weight is 232 g/mol. The summed E-state index contributed by atoms with van der Waals surface area (Å²) in [6, 6.07) is 6.05. The van der Waals surface area contributed by atoms with E-state index in [1.54, 1.807) is 12.1 Å². The van der Waals surface area contributed by atoms with Crippen molar-refractivity contribution < 1.29 is 24.6 Å². The normalized spacial score (nSPS) is 14.8. The van der Waals surface area contributed by atoms with Gasteiger partial charge in [0.15, 0.2) is 0 Å². The van der Waals surface area contributed by atoms with Gasteiger partial charge in [0.2, 0.25) is 11.6 Å². The fourth-order valence-electron chi connectivity index (χ4n) is 1.73. The maximum atomic E-state index is 11.7. The number of aliphatic hydroxyl groups excluding tert-OH is 1. The zero-order chi connectivity index (χ0) is 12.6. The number of fused-ring (bicyclic) bond motifs is 1. The van der Waals surface area contributed by atoms with E-state index in [0.717, 1.165) is 0 Å². The number of hydrogen-bond acceptors (Lipinski definition) is 4. The van der Waals surface area contributed by atoms with Crippen LogP contribution in [0.25, 0.3) is 5.76 Å². The molecule has 0 saturated carbocycles. The van der Waals surface area contributed by atoms with E-state index in [0.29, 0.717) is 0 Å². The Hall–Kier alpha value is -2.43. The molecule has 0 heterocycles. The summed E-state index contributed by atoms with van der Waals surface area (Å²) in [6.07, 6.45) is -0.662. The fourth-order valence-corrected chi connectivity index (χ4v) is 1.73. The average Bonchev–Trinajstić information content (AvgIpc) is 2.31. The molecule has 17 heavy (non-hydrogen) atoms. The first-order chi connectivity index (χ1) is 8.02. The predicted molar refractivity (Wildman–Crippen MR) is 57.6 cm³/mol. The van der Waals surface area contributed by atoms with Crippen molar-refractivity contribution in [1.82, 2.24) is 0 Å². The van der Waals surface area contributed by atoms with E-state index < -0.39 is 29.7 Å². The lowest BCUT2D eigenvalue weighted by Gasteiger charge is -2.16. The van der Waals surface area contributed by atoms with E-state index in [1.165, 1.54) is 12.1 Å². The van der Waals surface area contributed by atoms with Crippen LogP contribution in [0.5, 0.6) is 0 Å². The summed E-state index contributed by atoms with van der Waals surface area (Å²) in [5.74, 6) is -3.43. The summed E-state index contributed by atoms with van der Waals surface area (Å²) in [5, 5.41) is 18.4. The van der Waals surface area contributed by atoms with Crippen molar-refractivity contribution in [2.75, 3.05) is 0 Å². The molecule has 0 aliphatic heterocycles. The molecule has 1 aliphatic carbocycles. The first-order valence-corrected chi connectivity index (χ1v) is 4.84. The van der Waals surface area contributed by atoms with Gasteiger partial charge in [0, 0.05) is 11.1 Å². The Kier molecular flexibility index (Phi) is 2.51. The first kappa shape index (κ1) is 11.1. The smallest absolute Gasteiger partial charge is 0.308 e. The third-order valence-electron chi connectivity index (χ3n) is 2.52. The lowest BCUT2D eigenvalue weighted by Crippen LogP contribution is -2.25. The molecule has 86 valence electrons. The molecule has 0 aromatic heterocycles. The van der Waals surface area contributed by atoms with E-state index in [-0.39, 0.29) is 16.7 Å². The Bertz CT molecular complexity index is 568. The predicted octanol–water partition coefficient (Wildman–Crippen LogP) is 1.20. The van der Waals surface area contributed by atoms with Crippen LogP contribution in [-0.2, 0) is 9.59 Å². The number of ketones is 2. The van der Waals surface area contributed by atoms with Gasteiger partial charge in [0.25, 0.3) is 0 Å². The SMILES string of the molecule is O=C(O)CC1=C(O)c2ccccc2C(=O)C1=O. The van der Waals surface area contributed by atoms with Gasteiger partial charge in [-0.15, -0.1) is 0 Å². The molecule has 0 bridgehead atoms. The van der Waals surface area contributed by atoms with E-state index >= 15 is 0 Å². The monoisotopic (exact) mass is 232 g/mol. The number of aliphatic carboxylic acids is 1. The summed E-state index contributed by atoms with van der Waals surface area (Å²) in [7, 11) is 0. The molecule has 5 nitrogen and oxygen atoms in total. The van der Waals surface area contributed by atoms with Crippen molar-refractivity contribution in [3.8, 4) is 0 Å². The maximum absolute atomic E-state index is 11.7. The van der Waals surface area contributed by atoms with Gasteiger partial charge in [-0.05, 0) is 0 Å². The molecule has 0 radical (unpaired) electrons.